The highest BCUT2D eigenvalue weighted by Gasteiger charge is 2.16. The maximum absolute atomic E-state index is 12.6. The zero-order valence-corrected chi connectivity index (χ0v) is 16.7. The normalized spacial score (nSPS) is 10.7. The first-order valence-corrected chi connectivity index (χ1v) is 9.56. The molecule has 0 radical (unpaired) electrons. The van der Waals surface area contributed by atoms with Gasteiger partial charge in [-0.3, -0.25) is 4.79 Å². The van der Waals surface area contributed by atoms with Crippen LogP contribution in [-0.4, -0.2) is 21.9 Å². The first kappa shape index (κ1) is 19.8. The predicted octanol–water partition coefficient (Wildman–Crippen LogP) is 4.48. The molecule has 0 atom stereocenters. The average molecular weight is 395 g/mol. The monoisotopic (exact) mass is 394 g/mol. The van der Waals surface area contributed by atoms with Crippen LogP contribution in [0.2, 0.25) is 5.02 Å². The van der Waals surface area contributed by atoms with Crippen LogP contribution in [0.3, 0.4) is 0 Å². The fraction of sp³-hybridized carbons (Fsp3) is 0.227. The van der Waals surface area contributed by atoms with E-state index in [0.717, 1.165) is 11.4 Å². The SMILES string of the molecule is CC(C)N(Cc1ccccc1)c1cc(C(=O)NCc2ccccc2Cl)ncn1. The van der Waals surface area contributed by atoms with Gasteiger partial charge in [-0.25, -0.2) is 9.97 Å². The molecule has 6 heteroatoms. The molecule has 0 unspecified atom stereocenters. The summed E-state index contributed by atoms with van der Waals surface area (Å²) in [5, 5.41) is 3.49. The van der Waals surface area contributed by atoms with Crippen LogP contribution in [-0.2, 0) is 13.1 Å². The third-order valence-electron chi connectivity index (χ3n) is 4.40. The Morgan fingerprint density at radius 1 is 1.07 bits per heavy atom. The molecule has 0 fully saturated rings. The summed E-state index contributed by atoms with van der Waals surface area (Å²) < 4.78 is 0. The van der Waals surface area contributed by atoms with Gasteiger partial charge in [0.15, 0.2) is 0 Å². The highest BCUT2D eigenvalue weighted by molar-refractivity contribution is 6.31. The van der Waals surface area contributed by atoms with Gasteiger partial charge >= 0.3 is 0 Å². The van der Waals surface area contributed by atoms with Crippen molar-refractivity contribution in [2.45, 2.75) is 33.0 Å². The van der Waals surface area contributed by atoms with E-state index in [2.05, 4.69) is 46.2 Å². The minimum absolute atomic E-state index is 0.217. The fourth-order valence-electron chi connectivity index (χ4n) is 2.84. The summed E-state index contributed by atoms with van der Waals surface area (Å²) in [4.78, 5) is 23.2. The molecule has 2 aromatic carbocycles. The smallest absolute Gasteiger partial charge is 0.270 e. The second kappa shape index (κ2) is 9.33. The molecule has 1 heterocycles. The second-order valence-corrected chi connectivity index (χ2v) is 7.15. The van der Waals surface area contributed by atoms with E-state index in [-0.39, 0.29) is 11.9 Å². The van der Waals surface area contributed by atoms with Crippen molar-refractivity contribution in [3.8, 4) is 0 Å². The Balaban J connectivity index is 1.74. The molecule has 28 heavy (non-hydrogen) atoms. The number of anilines is 1. The maximum Gasteiger partial charge on any atom is 0.270 e. The molecule has 0 saturated heterocycles. The van der Waals surface area contributed by atoms with E-state index in [1.54, 1.807) is 12.1 Å². The number of carbonyl (C=O) groups excluding carboxylic acids is 1. The van der Waals surface area contributed by atoms with Crippen LogP contribution in [0.1, 0.15) is 35.5 Å². The number of aromatic nitrogens is 2. The molecule has 1 aromatic heterocycles. The van der Waals surface area contributed by atoms with Crippen molar-refractivity contribution in [3.63, 3.8) is 0 Å². The van der Waals surface area contributed by atoms with Crippen molar-refractivity contribution in [3.05, 3.63) is 88.8 Å². The lowest BCUT2D eigenvalue weighted by Crippen LogP contribution is -2.31. The van der Waals surface area contributed by atoms with Crippen molar-refractivity contribution < 1.29 is 4.79 Å². The number of halogens is 1. The number of nitrogens with one attached hydrogen (secondary N) is 1. The molecule has 3 aromatic rings. The second-order valence-electron chi connectivity index (χ2n) is 6.74. The van der Waals surface area contributed by atoms with Crippen LogP contribution in [0.4, 0.5) is 5.82 Å². The Morgan fingerprint density at radius 2 is 1.79 bits per heavy atom. The third-order valence-corrected chi connectivity index (χ3v) is 4.76. The van der Waals surface area contributed by atoms with Gasteiger partial charge in [0.2, 0.25) is 0 Å². The summed E-state index contributed by atoms with van der Waals surface area (Å²) in [6, 6.07) is 19.6. The molecular weight excluding hydrogens is 372 g/mol. The van der Waals surface area contributed by atoms with Crippen LogP contribution in [0, 0.1) is 0 Å². The van der Waals surface area contributed by atoms with E-state index in [9.17, 15) is 4.79 Å². The molecule has 5 nitrogen and oxygen atoms in total. The zero-order chi connectivity index (χ0) is 19.9. The van der Waals surface area contributed by atoms with E-state index < -0.39 is 0 Å². The van der Waals surface area contributed by atoms with E-state index >= 15 is 0 Å². The lowest BCUT2D eigenvalue weighted by Gasteiger charge is -2.28. The van der Waals surface area contributed by atoms with Crippen molar-refractivity contribution in [2.24, 2.45) is 0 Å². The lowest BCUT2D eigenvalue weighted by atomic mass is 10.2. The summed E-state index contributed by atoms with van der Waals surface area (Å²) in [6.45, 7) is 5.25. The van der Waals surface area contributed by atoms with Gasteiger partial charge in [-0.1, -0.05) is 60.1 Å². The number of benzene rings is 2. The maximum atomic E-state index is 12.6. The summed E-state index contributed by atoms with van der Waals surface area (Å²) in [6.07, 6.45) is 1.43. The topological polar surface area (TPSA) is 58.1 Å². The number of carbonyl (C=O) groups is 1. The van der Waals surface area contributed by atoms with E-state index in [1.165, 1.54) is 11.9 Å². The standard InChI is InChI=1S/C22H23ClN4O/c1-16(2)27(14-17-8-4-3-5-9-17)21-12-20(25-15-26-21)22(28)24-13-18-10-6-7-11-19(18)23/h3-12,15-16H,13-14H2,1-2H3,(H,24,28). The Hall–Kier alpha value is -2.92. The summed E-state index contributed by atoms with van der Waals surface area (Å²) in [5.74, 6) is 0.462. The molecule has 0 saturated carbocycles. The van der Waals surface area contributed by atoms with Crippen molar-refractivity contribution in [1.82, 2.24) is 15.3 Å². The molecule has 3 rings (SSSR count). The van der Waals surface area contributed by atoms with Crippen LogP contribution >= 0.6 is 11.6 Å². The predicted molar refractivity (Wildman–Crippen MR) is 112 cm³/mol. The highest BCUT2D eigenvalue weighted by Crippen LogP contribution is 2.19. The number of hydrogen-bond acceptors (Lipinski definition) is 4. The highest BCUT2D eigenvalue weighted by atomic mass is 35.5. The molecular formula is C22H23ClN4O. The number of amides is 1. The minimum Gasteiger partial charge on any atom is -0.350 e. The molecule has 0 aliphatic rings. The average Bonchev–Trinajstić information content (AvgIpc) is 2.72. The van der Waals surface area contributed by atoms with Gasteiger partial charge in [0.25, 0.3) is 5.91 Å². The first-order chi connectivity index (χ1) is 13.5. The van der Waals surface area contributed by atoms with Gasteiger partial charge in [-0.05, 0) is 31.0 Å². The molecule has 1 amide bonds. The van der Waals surface area contributed by atoms with Crippen LogP contribution < -0.4 is 10.2 Å². The largest absolute Gasteiger partial charge is 0.350 e. The summed E-state index contributed by atoms with van der Waals surface area (Å²) >= 11 is 6.15. The van der Waals surface area contributed by atoms with Crippen molar-refractivity contribution in [1.29, 1.82) is 0 Å². The third kappa shape index (κ3) is 5.08. The van der Waals surface area contributed by atoms with Crippen molar-refractivity contribution >= 4 is 23.3 Å². The molecule has 0 aliphatic heterocycles. The van der Waals surface area contributed by atoms with Crippen LogP contribution in [0.25, 0.3) is 0 Å². The van der Waals surface area contributed by atoms with Gasteiger partial charge in [-0.2, -0.15) is 0 Å². The summed E-state index contributed by atoms with van der Waals surface area (Å²) in [7, 11) is 0. The molecule has 0 spiro atoms. The number of nitrogens with zero attached hydrogens (tertiary/aromatic N) is 3. The Morgan fingerprint density at radius 3 is 2.50 bits per heavy atom. The minimum atomic E-state index is -0.257. The van der Waals surface area contributed by atoms with Gasteiger partial charge in [0.1, 0.15) is 17.8 Å². The van der Waals surface area contributed by atoms with Crippen LogP contribution in [0.15, 0.2) is 67.0 Å². The first-order valence-electron chi connectivity index (χ1n) is 9.19. The van der Waals surface area contributed by atoms with Crippen molar-refractivity contribution in [2.75, 3.05) is 4.90 Å². The van der Waals surface area contributed by atoms with Gasteiger partial charge in [0, 0.05) is 30.2 Å². The quantitative estimate of drug-likeness (QED) is 0.642. The van der Waals surface area contributed by atoms with E-state index in [1.807, 2.05) is 36.4 Å². The lowest BCUT2D eigenvalue weighted by molar-refractivity contribution is 0.0945. The summed E-state index contributed by atoms with van der Waals surface area (Å²) in [5.41, 5.74) is 2.37. The van der Waals surface area contributed by atoms with Gasteiger partial charge < -0.3 is 10.2 Å². The number of rotatable bonds is 7. The van der Waals surface area contributed by atoms with E-state index in [4.69, 9.17) is 11.6 Å². The van der Waals surface area contributed by atoms with E-state index in [0.29, 0.717) is 23.8 Å². The molecule has 1 N–H and O–H groups in total. The Labute approximate surface area is 170 Å². The fourth-order valence-corrected chi connectivity index (χ4v) is 3.05. The zero-order valence-electron chi connectivity index (χ0n) is 16.0. The van der Waals surface area contributed by atoms with Gasteiger partial charge in [0.05, 0.1) is 0 Å². The molecule has 144 valence electrons. The van der Waals surface area contributed by atoms with Gasteiger partial charge in [-0.15, -0.1) is 0 Å². The molecule has 0 bridgehead atoms. The molecule has 0 aliphatic carbocycles. The number of hydrogen-bond donors (Lipinski definition) is 1. The van der Waals surface area contributed by atoms with Crippen LogP contribution in [0.5, 0.6) is 0 Å². The Kier molecular flexibility index (Phi) is 6.61. The Bertz CT molecular complexity index is 931.